The predicted molar refractivity (Wildman–Crippen MR) is 239 cm³/mol. The van der Waals surface area contributed by atoms with Crippen molar-refractivity contribution in [2.45, 2.75) is 117 Å². The Bertz CT molecular complexity index is 2480. The lowest BCUT2D eigenvalue weighted by Gasteiger charge is -2.32. The average Bonchev–Trinajstić information content (AvgIpc) is 4.11. The van der Waals surface area contributed by atoms with E-state index in [2.05, 4.69) is 109 Å². The second-order valence-electron chi connectivity index (χ2n) is 18.5. The molecule has 0 saturated carbocycles. The lowest BCUT2D eigenvalue weighted by molar-refractivity contribution is -0.122. The first-order valence-electron chi connectivity index (χ1n) is 21.8. The third-order valence-electron chi connectivity index (χ3n) is 12.0. The van der Waals surface area contributed by atoms with Gasteiger partial charge in [0.25, 0.3) is 0 Å². The molecule has 0 bridgehead atoms. The Morgan fingerprint density at radius 3 is 1.44 bits per heavy atom. The molecule has 4 N–H and O–H groups in total. The van der Waals surface area contributed by atoms with Gasteiger partial charge in [-0.05, 0) is 70.2 Å². The number of rotatable bonds is 16. The van der Waals surface area contributed by atoms with Crippen LogP contribution in [0.5, 0.6) is 11.5 Å². The Kier molecular flexibility index (Phi) is 12.1. The summed E-state index contributed by atoms with van der Waals surface area (Å²) in [5.41, 5.74) is 7.68. The van der Waals surface area contributed by atoms with Gasteiger partial charge < -0.3 is 19.3 Å². The number of aromatic nitrogens is 10. The topological polar surface area (TPSA) is 224 Å². The minimum Gasteiger partial charge on any atom is -0.485 e. The summed E-state index contributed by atoms with van der Waals surface area (Å²) in [6, 6.07) is 20.0. The van der Waals surface area contributed by atoms with E-state index in [4.69, 9.17) is 19.4 Å². The minimum absolute atomic E-state index is 0.0439. The number of hydrogen-bond acceptors (Lipinski definition) is 13. The number of nitrogens with one attached hydrogen (secondary N) is 4. The Labute approximate surface area is 372 Å². The fourth-order valence-corrected chi connectivity index (χ4v) is 8.42. The Morgan fingerprint density at radius 1 is 0.656 bits per heavy atom. The molecule has 6 heterocycles. The summed E-state index contributed by atoms with van der Waals surface area (Å²) in [6.45, 7) is 18.4. The van der Waals surface area contributed by atoms with Crippen LogP contribution in [0.3, 0.4) is 0 Å². The highest BCUT2D eigenvalue weighted by Gasteiger charge is 2.39. The van der Waals surface area contributed by atoms with E-state index in [0.29, 0.717) is 59.3 Å². The summed E-state index contributed by atoms with van der Waals surface area (Å²) in [6.07, 6.45) is 1.50. The van der Waals surface area contributed by atoms with E-state index in [-0.39, 0.29) is 42.9 Å². The van der Waals surface area contributed by atoms with Gasteiger partial charge in [-0.2, -0.15) is 10.4 Å². The van der Waals surface area contributed by atoms with Crippen LogP contribution in [0.4, 0.5) is 0 Å². The van der Waals surface area contributed by atoms with Gasteiger partial charge in [0.1, 0.15) is 34.6 Å². The third-order valence-corrected chi connectivity index (χ3v) is 12.0. The van der Waals surface area contributed by atoms with Crippen LogP contribution < -0.4 is 9.47 Å². The number of carbonyl (C=O) groups excluding carboxylic acids is 1. The molecule has 6 aromatic rings. The lowest BCUT2D eigenvalue weighted by Crippen LogP contribution is -2.38. The van der Waals surface area contributed by atoms with E-state index in [0.717, 1.165) is 57.6 Å². The summed E-state index contributed by atoms with van der Waals surface area (Å²) < 4.78 is 12.6. The average molecular weight is 865 g/mol. The van der Waals surface area contributed by atoms with Gasteiger partial charge in [0.2, 0.25) is 11.6 Å². The Morgan fingerprint density at radius 2 is 1.08 bits per heavy atom. The number of aromatic amines is 2. The maximum Gasteiger partial charge on any atom is 0.211 e. The van der Waals surface area contributed by atoms with Gasteiger partial charge in [-0.15, -0.1) is 20.4 Å². The molecule has 0 aliphatic carbocycles. The SMILES string of the molecule is CCc1ccc2c(n1)C(=N)N(CC(C(=O)C(CN1Cc3ccc(CC)nc3C1=N)c1ccc(OCc3nn[nH]n3)c(C(C)(C)C)c1)c1ccc(OCc3nn[nH]n3)c(C(C)(C)C)c1)C2. The number of amidine groups is 2. The van der Waals surface area contributed by atoms with Crippen molar-refractivity contribution in [3.63, 3.8) is 0 Å². The van der Waals surface area contributed by atoms with Crippen molar-refractivity contribution in [2.75, 3.05) is 13.1 Å². The first kappa shape index (κ1) is 43.7. The molecule has 8 rings (SSSR count). The van der Waals surface area contributed by atoms with E-state index in [9.17, 15) is 10.8 Å². The second kappa shape index (κ2) is 17.7. The van der Waals surface area contributed by atoms with E-state index < -0.39 is 11.8 Å². The molecule has 0 radical (unpaired) electrons. The molecule has 2 aromatic carbocycles. The molecule has 0 saturated heterocycles. The number of carbonyl (C=O) groups is 1. The van der Waals surface area contributed by atoms with E-state index in [1.54, 1.807) is 0 Å². The third kappa shape index (κ3) is 9.10. The van der Waals surface area contributed by atoms with E-state index >= 15 is 4.79 Å². The van der Waals surface area contributed by atoms with E-state index in [1.807, 2.05) is 58.3 Å². The fourth-order valence-electron chi connectivity index (χ4n) is 8.42. The van der Waals surface area contributed by atoms with Gasteiger partial charge >= 0.3 is 0 Å². The summed E-state index contributed by atoms with van der Waals surface area (Å²) in [4.78, 5) is 29.7. The van der Waals surface area contributed by atoms with Crippen molar-refractivity contribution in [3.8, 4) is 11.5 Å². The zero-order chi connectivity index (χ0) is 45.3. The first-order chi connectivity index (χ1) is 30.6. The number of Topliss-reactive ketones (excluding diaryl/α,β-unsaturated/α-hetero) is 1. The molecule has 0 amide bonds. The minimum atomic E-state index is -0.714. The van der Waals surface area contributed by atoms with E-state index in [1.165, 1.54) is 0 Å². The molecule has 2 aliphatic rings. The van der Waals surface area contributed by atoms with Gasteiger partial charge in [0, 0.05) is 48.7 Å². The molecule has 17 heteroatoms. The van der Waals surface area contributed by atoms with Crippen molar-refractivity contribution in [3.05, 3.63) is 128 Å². The molecule has 17 nitrogen and oxygen atoms in total. The van der Waals surface area contributed by atoms with Gasteiger partial charge in [0.05, 0.1) is 11.8 Å². The first-order valence-corrected chi connectivity index (χ1v) is 21.8. The van der Waals surface area contributed by atoms with Crippen molar-refractivity contribution in [1.29, 1.82) is 10.8 Å². The smallest absolute Gasteiger partial charge is 0.211 e. The van der Waals surface area contributed by atoms with Crippen molar-refractivity contribution < 1.29 is 14.3 Å². The maximum absolute atomic E-state index is 16.1. The van der Waals surface area contributed by atoms with Gasteiger partial charge in [-0.3, -0.25) is 15.6 Å². The molecule has 2 aliphatic heterocycles. The second-order valence-corrected chi connectivity index (χ2v) is 18.5. The number of benzene rings is 2. The molecule has 4 aromatic heterocycles. The van der Waals surface area contributed by atoms with Crippen LogP contribution in [0.1, 0.15) is 135 Å². The predicted octanol–water partition coefficient (Wildman–Crippen LogP) is 6.50. The number of nitrogens with zero attached hydrogens (tertiary/aromatic N) is 10. The highest BCUT2D eigenvalue weighted by molar-refractivity contribution is 6.01. The highest BCUT2D eigenvalue weighted by atomic mass is 16.5. The normalized spacial score (nSPS) is 14.8. The number of fused-ring (bicyclic) bond motifs is 2. The van der Waals surface area contributed by atoms with Gasteiger partial charge in [-0.25, -0.2) is 9.97 Å². The summed E-state index contributed by atoms with van der Waals surface area (Å²) in [5, 5.41) is 47.3. The molecule has 2 atom stereocenters. The number of H-pyrrole nitrogens is 2. The standard InChI is InChI=1S/C47H56N14O3/c1-9-31-15-11-29-21-60(44(48)41(29)50-31)23-33(27-13-17-37(35(19-27)46(3,4)5)63-25-39-52-56-57-53-39)43(62)34(24-61-22-30-12-16-32(10-2)51-42(30)45(61)49)28-14-18-38(36(20-28)47(6,7)8)64-26-40-54-58-59-55-40/h11-20,33-34,48-49H,9-10,21-26H2,1-8H3,(H,52,53,56,57)(H,54,55,58,59). The van der Waals surface area contributed by atoms with Crippen LogP contribution in [0.25, 0.3) is 0 Å². The summed E-state index contributed by atoms with van der Waals surface area (Å²) in [5.74, 6) is 1.25. The quantitative estimate of drug-likeness (QED) is 0.0817. The molecule has 0 spiro atoms. The largest absolute Gasteiger partial charge is 0.485 e. The van der Waals surface area contributed by atoms with Gasteiger partial charge in [-0.1, -0.05) is 102 Å². The molecule has 0 fully saturated rings. The monoisotopic (exact) mass is 864 g/mol. The number of ether oxygens (including phenoxy) is 2. The zero-order valence-electron chi connectivity index (χ0n) is 37.8. The summed E-state index contributed by atoms with van der Waals surface area (Å²) >= 11 is 0. The van der Waals surface area contributed by atoms with Crippen LogP contribution in [-0.2, 0) is 54.8 Å². The number of pyridine rings is 2. The number of hydrogen-bond donors (Lipinski definition) is 4. The molecule has 332 valence electrons. The molecule has 2 unspecified atom stereocenters. The zero-order valence-corrected chi connectivity index (χ0v) is 37.8. The Balaban J connectivity index is 1.23. The van der Waals surface area contributed by atoms with Crippen LogP contribution in [0, 0.1) is 10.8 Å². The fraction of sp³-hybridized carbons (Fsp3) is 0.426. The number of tetrazole rings is 2. The summed E-state index contributed by atoms with van der Waals surface area (Å²) in [7, 11) is 0. The van der Waals surface area contributed by atoms with Crippen LogP contribution in [0.2, 0.25) is 0 Å². The molecular weight excluding hydrogens is 809 g/mol. The van der Waals surface area contributed by atoms with Crippen LogP contribution >= 0.6 is 0 Å². The lowest BCUT2D eigenvalue weighted by atomic mass is 9.78. The van der Waals surface area contributed by atoms with Crippen molar-refractivity contribution in [2.24, 2.45) is 0 Å². The number of aryl methyl sites for hydroxylation is 2. The van der Waals surface area contributed by atoms with Crippen molar-refractivity contribution in [1.82, 2.24) is 61.0 Å². The van der Waals surface area contributed by atoms with Crippen LogP contribution in [-0.4, -0.2) is 91.6 Å². The van der Waals surface area contributed by atoms with Crippen LogP contribution in [0.15, 0.2) is 60.7 Å². The number of ketones is 1. The maximum atomic E-state index is 16.1. The molecular formula is C47H56N14O3. The molecule has 64 heavy (non-hydrogen) atoms. The van der Waals surface area contributed by atoms with Gasteiger partial charge in [0.15, 0.2) is 19.0 Å². The Hall–Kier alpha value is -6.91. The van der Waals surface area contributed by atoms with Crippen molar-refractivity contribution >= 4 is 17.5 Å². The highest BCUT2D eigenvalue weighted by Crippen LogP contribution is 2.40.